The van der Waals surface area contributed by atoms with Crippen molar-refractivity contribution in [3.63, 3.8) is 0 Å². The van der Waals surface area contributed by atoms with Gasteiger partial charge < -0.3 is 4.74 Å². The number of nitrogens with zero attached hydrogens (tertiary/aromatic N) is 1. The highest BCUT2D eigenvalue weighted by Crippen LogP contribution is 2.22. The number of Topliss-reactive ketones (excluding diaryl/α,β-unsaturated/α-hetero) is 1. The van der Waals surface area contributed by atoms with E-state index in [4.69, 9.17) is 16.3 Å². The number of carbonyl (C=O) groups excluding carboxylic acids is 1. The van der Waals surface area contributed by atoms with Crippen LogP contribution in [0, 0.1) is 0 Å². The van der Waals surface area contributed by atoms with Crippen molar-refractivity contribution in [2.75, 3.05) is 5.43 Å². The van der Waals surface area contributed by atoms with Crippen LogP contribution in [-0.2, 0) is 4.79 Å². The summed E-state index contributed by atoms with van der Waals surface area (Å²) >= 11 is 5.62. The summed E-state index contributed by atoms with van der Waals surface area (Å²) in [6.45, 7) is 1.35. The monoisotopic (exact) mass is 288 g/mol. The van der Waals surface area contributed by atoms with Crippen LogP contribution in [0.25, 0.3) is 0 Å². The molecule has 0 radical (unpaired) electrons. The maximum Gasteiger partial charge on any atom is 0.191 e. The molecule has 5 heteroatoms. The lowest BCUT2D eigenvalue weighted by molar-refractivity contribution is -0.110. The van der Waals surface area contributed by atoms with Crippen molar-refractivity contribution in [2.45, 2.75) is 6.92 Å². The van der Waals surface area contributed by atoms with Crippen molar-refractivity contribution < 1.29 is 9.53 Å². The summed E-state index contributed by atoms with van der Waals surface area (Å²) in [6, 6.07) is 16.7. The molecule has 0 saturated heterocycles. The van der Waals surface area contributed by atoms with Crippen LogP contribution >= 0.6 is 11.6 Å². The molecule has 0 amide bonds. The van der Waals surface area contributed by atoms with Gasteiger partial charge in [-0.3, -0.25) is 10.2 Å². The molecule has 0 aliphatic rings. The number of halogens is 1. The molecule has 4 nitrogen and oxygen atoms in total. The molecule has 0 fully saturated rings. The number of nitrogens with one attached hydrogen (secondary N) is 1. The van der Waals surface area contributed by atoms with E-state index in [9.17, 15) is 4.79 Å². The van der Waals surface area contributed by atoms with Crippen LogP contribution in [0.4, 0.5) is 5.69 Å². The van der Waals surface area contributed by atoms with Crippen molar-refractivity contribution in [1.29, 1.82) is 0 Å². The molecule has 0 spiro atoms. The first kappa shape index (κ1) is 14.1. The minimum absolute atomic E-state index is 0.0883. The quantitative estimate of drug-likeness (QED) is 0.667. The van der Waals surface area contributed by atoms with Crippen LogP contribution in [0.5, 0.6) is 11.5 Å². The lowest BCUT2D eigenvalue weighted by Gasteiger charge is -2.06. The molecule has 0 aliphatic carbocycles. The van der Waals surface area contributed by atoms with Gasteiger partial charge in [0.2, 0.25) is 0 Å². The van der Waals surface area contributed by atoms with E-state index in [1.165, 1.54) is 6.92 Å². The Morgan fingerprint density at radius 3 is 2.25 bits per heavy atom. The molecule has 2 aromatic rings. The van der Waals surface area contributed by atoms with Crippen LogP contribution in [0.15, 0.2) is 59.7 Å². The molecule has 20 heavy (non-hydrogen) atoms. The zero-order valence-electron chi connectivity index (χ0n) is 10.8. The molecule has 1 N–H and O–H groups in total. The summed E-state index contributed by atoms with van der Waals surface area (Å²) < 4.78 is 5.65. The van der Waals surface area contributed by atoms with E-state index in [0.29, 0.717) is 11.4 Å². The van der Waals surface area contributed by atoms with Crippen LogP contribution < -0.4 is 10.2 Å². The van der Waals surface area contributed by atoms with Gasteiger partial charge in [-0.2, -0.15) is 5.10 Å². The summed E-state index contributed by atoms with van der Waals surface area (Å²) in [6.07, 6.45) is 0. The number of anilines is 1. The third-order valence-corrected chi connectivity index (χ3v) is 2.76. The van der Waals surface area contributed by atoms with Crippen molar-refractivity contribution >= 4 is 28.2 Å². The van der Waals surface area contributed by atoms with Crippen molar-refractivity contribution in [3.05, 3.63) is 54.6 Å². The Hall–Kier alpha value is -2.33. The second kappa shape index (κ2) is 6.73. The molecule has 0 aromatic heterocycles. The van der Waals surface area contributed by atoms with Gasteiger partial charge in [0.05, 0.1) is 5.69 Å². The highest BCUT2D eigenvalue weighted by atomic mass is 35.5. The second-order valence-corrected chi connectivity index (χ2v) is 4.37. The lowest BCUT2D eigenvalue weighted by atomic mass is 10.3. The molecular formula is C15H13ClN2O2. The molecule has 0 bridgehead atoms. The first-order chi connectivity index (χ1) is 9.65. The minimum Gasteiger partial charge on any atom is -0.457 e. The zero-order valence-corrected chi connectivity index (χ0v) is 11.6. The summed E-state index contributed by atoms with van der Waals surface area (Å²) in [4.78, 5) is 10.9. The van der Waals surface area contributed by atoms with Crippen LogP contribution in [0.3, 0.4) is 0 Å². The number of para-hydroxylation sites is 1. The smallest absolute Gasteiger partial charge is 0.191 e. The van der Waals surface area contributed by atoms with Gasteiger partial charge in [-0.25, -0.2) is 0 Å². The Kier molecular flexibility index (Phi) is 4.74. The third kappa shape index (κ3) is 4.10. The average Bonchev–Trinajstić information content (AvgIpc) is 2.47. The Morgan fingerprint density at radius 2 is 1.65 bits per heavy atom. The predicted molar refractivity (Wildman–Crippen MR) is 80.5 cm³/mol. The van der Waals surface area contributed by atoms with Crippen molar-refractivity contribution in [2.24, 2.45) is 5.10 Å². The predicted octanol–water partition coefficient (Wildman–Crippen LogP) is 4.03. The van der Waals surface area contributed by atoms with Gasteiger partial charge >= 0.3 is 0 Å². The number of rotatable bonds is 5. The fourth-order valence-electron chi connectivity index (χ4n) is 1.41. The number of hydrogen-bond acceptors (Lipinski definition) is 4. The molecule has 102 valence electrons. The third-order valence-electron chi connectivity index (χ3n) is 2.41. The fraction of sp³-hybridized carbons (Fsp3) is 0.0667. The Labute approximate surface area is 122 Å². The molecule has 0 aliphatic heterocycles. The Morgan fingerprint density at radius 1 is 1.05 bits per heavy atom. The van der Waals surface area contributed by atoms with E-state index in [-0.39, 0.29) is 11.0 Å². The summed E-state index contributed by atoms with van der Waals surface area (Å²) in [7, 11) is 0. The largest absolute Gasteiger partial charge is 0.457 e. The van der Waals surface area contributed by atoms with Gasteiger partial charge in [0.1, 0.15) is 11.5 Å². The number of ether oxygens (including phenoxy) is 1. The Balaban J connectivity index is 2.00. The molecular weight excluding hydrogens is 276 g/mol. The fourth-order valence-corrected chi connectivity index (χ4v) is 1.46. The van der Waals surface area contributed by atoms with E-state index < -0.39 is 0 Å². The second-order valence-electron chi connectivity index (χ2n) is 4.01. The number of hydrogen-bond donors (Lipinski definition) is 1. The number of carbonyl (C=O) groups is 1. The SMILES string of the molecule is CC(=O)C(Cl)=NNc1ccc(Oc2ccccc2)cc1. The van der Waals surface area contributed by atoms with Gasteiger partial charge in [-0.1, -0.05) is 29.8 Å². The standard InChI is InChI=1S/C15H13ClN2O2/c1-11(19)15(16)18-17-12-7-9-14(10-8-12)20-13-5-3-2-4-6-13/h2-10,17H,1H3. The number of benzene rings is 2. The zero-order chi connectivity index (χ0) is 14.4. The molecule has 0 atom stereocenters. The molecule has 0 unspecified atom stereocenters. The normalized spacial score (nSPS) is 11.0. The van der Waals surface area contributed by atoms with E-state index >= 15 is 0 Å². The molecule has 0 saturated carbocycles. The first-order valence-corrected chi connectivity index (χ1v) is 6.36. The van der Waals surface area contributed by atoms with Crippen LogP contribution in [0.2, 0.25) is 0 Å². The number of ketones is 1. The highest BCUT2D eigenvalue weighted by Gasteiger charge is 2.01. The van der Waals surface area contributed by atoms with Crippen LogP contribution in [0.1, 0.15) is 6.92 Å². The van der Waals surface area contributed by atoms with Gasteiger partial charge in [0, 0.05) is 6.92 Å². The van der Waals surface area contributed by atoms with Gasteiger partial charge in [-0.05, 0) is 36.4 Å². The van der Waals surface area contributed by atoms with Gasteiger partial charge in [-0.15, -0.1) is 0 Å². The average molecular weight is 289 g/mol. The summed E-state index contributed by atoms with van der Waals surface area (Å²) in [5.74, 6) is 1.19. The Bertz CT molecular complexity index is 610. The lowest BCUT2D eigenvalue weighted by Crippen LogP contribution is -2.04. The first-order valence-electron chi connectivity index (χ1n) is 5.98. The van der Waals surface area contributed by atoms with Gasteiger partial charge in [0.25, 0.3) is 0 Å². The van der Waals surface area contributed by atoms with Crippen molar-refractivity contribution in [1.82, 2.24) is 0 Å². The summed E-state index contributed by atoms with van der Waals surface area (Å²) in [5.41, 5.74) is 3.41. The molecule has 2 rings (SSSR count). The van der Waals surface area contributed by atoms with E-state index in [1.807, 2.05) is 30.3 Å². The maximum absolute atomic E-state index is 10.9. The van der Waals surface area contributed by atoms with E-state index in [0.717, 1.165) is 5.75 Å². The highest BCUT2D eigenvalue weighted by molar-refractivity contribution is 6.82. The minimum atomic E-state index is -0.289. The topological polar surface area (TPSA) is 50.7 Å². The van der Waals surface area contributed by atoms with Crippen molar-refractivity contribution in [3.8, 4) is 11.5 Å². The maximum atomic E-state index is 10.9. The number of hydrazone groups is 1. The van der Waals surface area contributed by atoms with E-state index in [2.05, 4.69) is 10.5 Å². The van der Waals surface area contributed by atoms with E-state index in [1.54, 1.807) is 24.3 Å². The van der Waals surface area contributed by atoms with Gasteiger partial charge in [0.15, 0.2) is 11.0 Å². The molecule has 2 aromatic carbocycles. The van der Waals surface area contributed by atoms with Crippen LogP contribution in [-0.4, -0.2) is 11.0 Å². The summed E-state index contributed by atoms with van der Waals surface area (Å²) in [5, 5.41) is 3.66. The molecule has 0 heterocycles.